The van der Waals surface area contributed by atoms with Crippen molar-refractivity contribution in [3.63, 3.8) is 0 Å². The highest BCUT2D eigenvalue weighted by atomic mass is 16.5. The van der Waals surface area contributed by atoms with E-state index >= 15 is 0 Å². The van der Waals surface area contributed by atoms with E-state index in [4.69, 9.17) is 4.74 Å². The monoisotopic (exact) mass is 264 g/mol. The number of rotatable bonds is 3. The van der Waals surface area contributed by atoms with Crippen molar-refractivity contribution in [2.45, 2.75) is 44.4 Å². The number of nitrogens with zero attached hydrogens (tertiary/aromatic N) is 1. The van der Waals surface area contributed by atoms with Crippen molar-refractivity contribution in [1.29, 1.82) is 0 Å². The van der Waals surface area contributed by atoms with Crippen LogP contribution in [0, 0.1) is 5.92 Å². The lowest BCUT2D eigenvalue weighted by atomic mass is 9.79. The second-order valence-electron chi connectivity index (χ2n) is 6.19. The largest absolute Gasteiger partial charge is 0.390 e. The Morgan fingerprint density at radius 1 is 1.58 bits per heavy atom. The van der Waals surface area contributed by atoms with E-state index in [-0.39, 0.29) is 5.92 Å². The van der Waals surface area contributed by atoms with Gasteiger partial charge in [0.15, 0.2) is 0 Å². The van der Waals surface area contributed by atoms with Crippen LogP contribution < -0.4 is 0 Å². The van der Waals surface area contributed by atoms with E-state index in [0.29, 0.717) is 19.3 Å². The second kappa shape index (κ2) is 5.27. The van der Waals surface area contributed by atoms with E-state index in [1.807, 2.05) is 13.1 Å². The molecule has 0 saturated carbocycles. The molecule has 4 heteroatoms. The zero-order valence-electron chi connectivity index (χ0n) is 11.6. The van der Waals surface area contributed by atoms with Crippen molar-refractivity contribution in [3.05, 3.63) is 24.0 Å². The Kier molecular flexibility index (Phi) is 3.65. The summed E-state index contributed by atoms with van der Waals surface area (Å²) < 4.78 is 5.62. The number of aromatic nitrogens is 1. The standard InChI is InChI=1S/C15H24N2O2/c1-15(18)5-8-19-11-13(15)14-3-2-7-17(14)10-12-4-6-16-9-12/h4,6,9,13-14,16,18H,2-3,5,7-8,10-11H2,1H3/t13-,14-,15-/m0/s1. The van der Waals surface area contributed by atoms with Gasteiger partial charge in [-0.1, -0.05) is 0 Å². The zero-order valence-corrected chi connectivity index (χ0v) is 11.6. The van der Waals surface area contributed by atoms with Crippen LogP contribution in [0.1, 0.15) is 31.7 Å². The first-order chi connectivity index (χ1) is 9.17. The highest BCUT2D eigenvalue weighted by Crippen LogP contribution is 2.36. The SMILES string of the molecule is C[C@]1(O)CCOC[C@H]1[C@@H]1CCCN1Cc1cc[nH]c1. The first-order valence-electron chi connectivity index (χ1n) is 7.33. The zero-order chi connectivity index (χ0) is 13.3. The Bertz CT molecular complexity index is 402. The summed E-state index contributed by atoms with van der Waals surface area (Å²) in [5, 5.41) is 10.6. The van der Waals surface area contributed by atoms with Crippen LogP contribution in [0.3, 0.4) is 0 Å². The van der Waals surface area contributed by atoms with Gasteiger partial charge in [0.05, 0.1) is 12.2 Å². The molecule has 2 aliphatic rings. The van der Waals surface area contributed by atoms with E-state index in [1.165, 1.54) is 18.4 Å². The van der Waals surface area contributed by atoms with Gasteiger partial charge in [0, 0.05) is 37.5 Å². The molecule has 0 radical (unpaired) electrons. The Morgan fingerprint density at radius 2 is 2.47 bits per heavy atom. The summed E-state index contributed by atoms with van der Waals surface area (Å²) in [7, 11) is 0. The van der Waals surface area contributed by atoms with Crippen molar-refractivity contribution in [1.82, 2.24) is 9.88 Å². The molecule has 2 fully saturated rings. The molecule has 0 aliphatic carbocycles. The van der Waals surface area contributed by atoms with Gasteiger partial charge in [0.1, 0.15) is 0 Å². The third-order valence-electron chi connectivity index (χ3n) is 4.78. The minimum atomic E-state index is -0.580. The van der Waals surface area contributed by atoms with Gasteiger partial charge >= 0.3 is 0 Å². The van der Waals surface area contributed by atoms with Gasteiger partial charge in [-0.05, 0) is 44.4 Å². The van der Waals surface area contributed by atoms with Gasteiger partial charge in [-0.15, -0.1) is 0 Å². The molecule has 0 aromatic carbocycles. The summed E-state index contributed by atoms with van der Waals surface area (Å²) >= 11 is 0. The molecule has 19 heavy (non-hydrogen) atoms. The van der Waals surface area contributed by atoms with Crippen molar-refractivity contribution >= 4 is 0 Å². The van der Waals surface area contributed by atoms with Gasteiger partial charge in [-0.25, -0.2) is 0 Å². The Hall–Kier alpha value is -0.840. The molecular formula is C15H24N2O2. The van der Waals surface area contributed by atoms with Crippen LogP contribution in [-0.2, 0) is 11.3 Å². The topological polar surface area (TPSA) is 48.5 Å². The molecule has 1 aromatic heterocycles. The molecule has 4 nitrogen and oxygen atoms in total. The first kappa shape index (κ1) is 13.2. The highest BCUT2D eigenvalue weighted by Gasteiger charge is 2.43. The number of hydrogen-bond donors (Lipinski definition) is 2. The summed E-state index contributed by atoms with van der Waals surface area (Å²) in [4.78, 5) is 5.62. The van der Waals surface area contributed by atoms with Crippen molar-refractivity contribution in [2.24, 2.45) is 5.92 Å². The molecule has 0 spiro atoms. The van der Waals surface area contributed by atoms with Crippen LogP contribution in [0.5, 0.6) is 0 Å². The van der Waals surface area contributed by atoms with Gasteiger partial charge in [0.2, 0.25) is 0 Å². The summed E-state index contributed by atoms with van der Waals surface area (Å²) in [5.74, 6) is 0.239. The predicted molar refractivity (Wildman–Crippen MR) is 73.8 cm³/mol. The molecule has 0 unspecified atom stereocenters. The molecule has 106 valence electrons. The molecular weight excluding hydrogens is 240 g/mol. The van der Waals surface area contributed by atoms with Gasteiger partial charge in [-0.3, -0.25) is 4.90 Å². The van der Waals surface area contributed by atoms with Crippen molar-refractivity contribution < 1.29 is 9.84 Å². The molecule has 3 heterocycles. The van der Waals surface area contributed by atoms with Crippen LogP contribution >= 0.6 is 0 Å². The average molecular weight is 264 g/mol. The molecule has 1 aromatic rings. The summed E-state index contributed by atoms with van der Waals surface area (Å²) in [6.45, 7) is 5.46. The van der Waals surface area contributed by atoms with E-state index in [1.54, 1.807) is 0 Å². The van der Waals surface area contributed by atoms with Crippen LogP contribution in [0.4, 0.5) is 0 Å². The lowest BCUT2D eigenvalue weighted by Gasteiger charge is -2.43. The molecule has 3 rings (SSSR count). The number of nitrogens with one attached hydrogen (secondary N) is 1. The molecule has 3 atom stereocenters. The highest BCUT2D eigenvalue weighted by molar-refractivity contribution is 5.09. The maximum absolute atomic E-state index is 10.6. The minimum absolute atomic E-state index is 0.239. The maximum atomic E-state index is 10.6. The van der Waals surface area contributed by atoms with Gasteiger partial charge < -0.3 is 14.8 Å². The Morgan fingerprint density at radius 3 is 3.21 bits per heavy atom. The molecule has 0 amide bonds. The van der Waals surface area contributed by atoms with Crippen LogP contribution in [0.2, 0.25) is 0 Å². The smallest absolute Gasteiger partial charge is 0.0706 e. The fourth-order valence-electron chi connectivity index (χ4n) is 3.57. The molecule has 2 N–H and O–H groups in total. The molecule has 0 bridgehead atoms. The summed E-state index contributed by atoms with van der Waals surface area (Å²) in [6, 6.07) is 2.58. The number of ether oxygens (including phenoxy) is 1. The number of hydrogen-bond acceptors (Lipinski definition) is 3. The van der Waals surface area contributed by atoms with Crippen LogP contribution in [0.15, 0.2) is 18.5 Å². The predicted octanol–water partition coefficient (Wildman–Crippen LogP) is 1.77. The van der Waals surface area contributed by atoms with Crippen LogP contribution in [-0.4, -0.2) is 46.4 Å². The number of aromatic amines is 1. The van der Waals surface area contributed by atoms with Gasteiger partial charge in [0.25, 0.3) is 0 Å². The quantitative estimate of drug-likeness (QED) is 0.874. The third kappa shape index (κ3) is 2.71. The average Bonchev–Trinajstić information content (AvgIpc) is 3.01. The normalized spacial score (nSPS) is 36.7. The van der Waals surface area contributed by atoms with E-state index in [0.717, 1.165) is 19.5 Å². The Labute approximate surface area is 114 Å². The van der Waals surface area contributed by atoms with Crippen LogP contribution in [0.25, 0.3) is 0 Å². The second-order valence-corrected chi connectivity index (χ2v) is 6.19. The fraction of sp³-hybridized carbons (Fsp3) is 0.733. The minimum Gasteiger partial charge on any atom is -0.390 e. The first-order valence-corrected chi connectivity index (χ1v) is 7.33. The summed E-state index contributed by atoms with van der Waals surface area (Å²) in [5.41, 5.74) is 0.743. The van der Waals surface area contributed by atoms with E-state index in [2.05, 4.69) is 22.1 Å². The lowest BCUT2D eigenvalue weighted by molar-refractivity contribution is -0.123. The lowest BCUT2D eigenvalue weighted by Crippen LogP contribution is -2.52. The van der Waals surface area contributed by atoms with E-state index < -0.39 is 5.60 Å². The fourth-order valence-corrected chi connectivity index (χ4v) is 3.57. The van der Waals surface area contributed by atoms with E-state index in [9.17, 15) is 5.11 Å². The Balaban J connectivity index is 1.71. The number of aliphatic hydroxyl groups is 1. The van der Waals surface area contributed by atoms with Crippen molar-refractivity contribution in [2.75, 3.05) is 19.8 Å². The van der Waals surface area contributed by atoms with Gasteiger partial charge in [-0.2, -0.15) is 0 Å². The number of likely N-dealkylation sites (tertiary alicyclic amines) is 1. The maximum Gasteiger partial charge on any atom is 0.0706 e. The third-order valence-corrected chi connectivity index (χ3v) is 4.78. The molecule has 2 aliphatic heterocycles. The number of H-pyrrole nitrogens is 1. The summed E-state index contributed by atoms with van der Waals surface area (Å²) in [6.07, 6.45) is 7.19. The van der Waals surface area contributed by atoms with Crippen molar-refractivity contribution in [3.8, 4) is 0 Å². The molecule has 2 saturated heterocycles.